The predicted molar refractivity (Wildman–Crippen MR) is 135 cm³/mol. The van der Waals surface area contributed by atoms with Crippen molar-refractivity contribution in [1.82, 2.24) is 15.1 Å². The number of likely N-dealkylation sites (tertiary alicyclic amines) is 1. The summed E-state index contributed by atoms with van der Waals surface area (Å²) < 4.78 is 5.43. The molecule has 9 nitrogen and oxygen atoms in total. The highest BCUT2D eigenvalue weighted by atomic mass is 16.5. The molecule has 3 heterocycles. The number of hydrogen-bond acceptors (Lipinski definition) is 7. The molecule has 1 aliphatic carbocycles. The molecular weight excluding hydrogens is 460 g/mol. The third-order valence-electron chi connectivity index (χ3n) is 8.27. The molecular formula is C27H38N4O5. The number of hydrogen-bond donors (Lipinski definition) is 2. The summed E-state index contributed by atoms with van der Waals surface area (Å²) in [6.07, 6.45) is 3.35. The second-order valence-corrected chi connectivity index (χ2v) is 10.6. The van der Waals surface area contributed by atoms with Crippen LogP contribution in [0.2, 0.25) is 0 Å². The molecule has 9 heteroatoms. The molecule has 196 valence electrons. The minimum atomic E-state index is -0.887. The smallest absolute Gasteiger partial charge is 0.251 e. The van der Waals surface area contributed by atoms with Crippen LogP contribution in [0, 0.1) is 5.92 Å². The van der Waals surface area contributed by atoms with Crippen LogP contribution in [0.15, 0.2) is 24.3 Å². The van der Waals surface area contributed by atoms with Gasteiger partial charge in [-0.2, -0.15) is 0 Å². The van der Waals surface area contributed by atoms with Gasteiger partial charge in [0.25, 0.3) is 5.91 Å². The summed E-state index contributed by atoms with van der Waals surface area (Å²) in [5, 5.41) is 13.3. The number of nitrogens with one attached hydrogen (secondary N) is 1. The SMILES string of the molecule is CCCN1CCN(c2ccc(C(=O)N[C@H](C(=O)N3C[C@H](O)[C@H]4OCC(=O)[C@H]43)C3CCCC3)cc2)CC1. The maximum absolute atomic E-state index is 13.6. The fourth-order valence-electron chi connectivity index (χ4n) is 6.30. The maximum atomic E-state index is 13.6. The number of nitrogens with zero attached hydrogens (tertiary/aromatic N) is 3. The lowest BCUT2D eigenvalue weighted by Gasteiger charge is -2.36. The predicted octanol–water partition coefficient (Wildman–Crippen LogP) is 1.05. The Morgan fingerprint density at radius 1 is 1.11 bits per heavy atom. The Bertz CT molecular complexity index is 955. The van der Waals surface area contributed by atoms with E-state index < -0.39 is 24.3 Å². The average Bonchev–Trinajstić information content (AvgIpc) is 3.63. The van der Waals surface area contributed by atoms with Gasteiger partial charge in [0.15, 0.2) is 5.78 Å². The number of fused-ring (bicyclic) bond motifs is 1. The van der Waals surface area contributed by atoms with Crippen molar-refractivity contribution in [2.75, 3.05) is 50.8 Å². The molecule has 3 saturated heterocycles. The highest BCUT2D eigenvalue weighted by Gasteiger charge is 2.53. The molecule has 4 aliphatic rings. The topological polar surface area (TPSA) is 102 Å². The number of benzene rings is 1. The number of aliphatic hydroxyl groups excluding tert-OH is 1. The van der Waals surface area contributed by atoms with E-state index in [1.807, 2.05) is 24.3 Å². The molecule has 5 rings (SSSR count). The minimum absolute atomic E-state index is 0.0220. The second-order valence-electron chi connectivity index (χ2n) is 10.6. The van der Waals surface area contributed by atoms with Gasteiger partial charge < -0.3 is 25.0 Å². The molecule has 0 spiro atoms. The van der Waals surface area contributed by atoms with E-state index >= 15 is 0 Å². The van der Waals surface area contributed by atoms with Crippen LogP contribution in [0.5, 0.6) is 0 Å². The molecule has 4 atom stereocenters. The van der Waals surface area contributed by atoms with Gasteiger partial charge in [-0.15, -0.1) is 0 Å². The summed E-state index contributed by atoms with van der Waals surface area (Å²) in [4.78, 5) is 45.5. The van der Waals surface area contributed by atoms with Crippen molar-refractivity contribution in [2.45, 2.75) is 63.3 Å². The van der Waals surface area contributed by atoms with Crippen LogP contribution in [0.3, 0.4) is 0 Å². The van der Waals surface area contributed by atoms with Crippen molar-refractivity contribution in [2.24, 2.45) is 5.92 Å². The normalized spacial score (nSPS) is 27.9. The molecule has 1 saturated carbocycles. The zero-order valence-electron chi connectivity index (χ0n) is 21.1. The van der Waals surface area contributed by atoms with Gasteiger partial charge in [-0.3, -0.25) is 19.3 Å². The maximum Gasteiger partial charge on any atom is 0.251 e. The van der Waals surface area contributed by atoms with E-state index in [2.05, 4.69) is 22.0 Å². The van der Waals surface area contributed by atoms with Crippen molar-refractivity contribution in [3.8, 4) is 0 Å². The van der Waals surface area contributed by atoms with Crippen molar-refractivity contribution >= 4 is 23.3 Å². The number of amides is 2. The number of rotatable bonds is 7. The summed E-state index contributed by atoms with van der Waals surface area (Å²) in [6.45, 7) is 7.33. The summed E-state index contributed by atoms with van der Waals surface area (Å²) in [7, 11) is 0. The fourth-order valence-corrected chi connectivity index (χ4v) is 6.30. The van der Waals surface area contributed by atoms with Crippen molar-refractivity contribution in [3.05, 3.63) is 29.8 Å². The lowest BCUT2D eigenvalue weighted by atomic mass is 9.95. The number of aliphatic hydroxyl groups is 1. The number of carbonyl (C=O) groups excluding carboxylic acids is 3. The van der Waals surface area contributed by atoms with E-state index in [1.54, 1.807) is 0 Å². The van der Waals surface area contributed by atoms with Gasteiger partial charge in [-0.25, -0.2) is 0 Å². The Morgan fingerprint density at radius 2 is 1.81 bits per heavy atom. The first-order valence-corrected chi connectivity index (χ1v) is 13.5. The van der Waals surface area contributed by atoms with Gasteiger partial charge in [-0.05, 0) is 56.0 Å². The van der Waals surface area contributed by atoms with Gasteiger partial charge in [0.2, 0.25) is 5.91 Å². The molecule has 0 unspecified atom stereocenters. The number of ether oxygens (including phenoxy) is 1. The Balaban J connectivity index is 1.26. The van der Waals surface area contributed by atoms with E-state index in [4.69, 9.17) is 4.74 Å². The molecule has 4 fully saturated rings. The van der Waals surface area contributed by atoms with E-state index in [9.17, 15) is 19.5 Å². The zero-order chi connectivity index (χ0) is 25.2. The van der Waals surface area contributed by atoms with Crippen LogP contribution in [0.25, 0.3) is 0 Å². The average molecular weight is 499 g/mol. The first kappa shape index (κ1) is 25.2. The second kappa shape index (κ2) is 10.9. The van der Waals surface area contributed by atoms with E-state index in [1.165, 1.54) is 4.90 Å². The highest BCUT2D eigenvalue weighted by molar-refractivity contribution is 5.99. The van der Waals surface area contributed by atoms with E-state index in [0.717, 1.165) is 70.5 Å². The summed E-state index contributed by atoms with van der Waals surface area (Å²) in [5.41, 5.74) is 1.61. The Kier molecular flexibility index (Phi) is 7.60. The van der Waals surface area contributed by atoms with Crippen molar-refractivity contribution in [3.63, 3.8) is 0 Å². The Hall–Kier alpha value is -2.49. The van der Waals surface area contributed by atoms with Gasteiger partial charge >= 0.3 is 0 Å². The zero-order valence-corrected chi connectivity index (χ0v) is 21.1. The number of β-amino-alcohol motifs (C(OH)–C–C–N with tert-alkyl or cyclic N) is 1. The molecule has 36 heavy (non-hydrogen) atoms. The first-order chi connectivity index (χ1) is 17.5. The fraction of sp³-hybridized carbons (Fsp3) is 0.667. The molecule has 2 N–H and O–H groups in total. The van der Waals surface area contributed by atoms with Gasteiger partial charge in [0, 0.05) is 37.4 Å². The van der Waals surface area contributed by atoms with Crippen LogP contribution < -0.4 is 10.2 Å². The third-order valence-corrected chi connectivity index (χ3v) is 8.27. The Morgan fingerprint density at radius 3 is 2.47 bits per heavy atom. The number of Topliss-reactive ketones (excluding diaryl/α,β-unsaturated/α-hetero) is 1. The lowest BCUT2D eigenvalue weighted by molar-refractivity contribution is -0.139. The van der Waals surface area contributed by atoms with Crippen LogP contribution in [-0.2, 0) is 14.3 Å². The summed E-state index contributed by atoms with van der Waals surface area (Å²) in [5.74, 6) is -0.742. The van der Waals surface area contributed by atoms with Gasteiger partial charge in [0.1, 0.15) is 30.9 Å². The van der Waals surface area contributed by atoms with Gasteiger partial charge in [0.05, 0.1) is 6.54 Å². The number of piperazine rings is 1. The molecule has 0 aromatic heterocycles. The molecule has 1 aromatic carbocycles. The highest BCUT2D eigenvalue weighted by Crippen LogP contribution is 2.33. The van der Waals surface area contributed by atoms with Gasteiger partial charge in [-0.1, -0.05) is 19.8 Å². The van der Waals surface area contributed by atoms with Crippen LogP contribution in [-0.4, -0.2) is 103 Å². The number of ketones is 1. The monoisotopic (exact) mass is 498 g/mol. The number of carbonyl (C=O) groups is 3. The van der Waals surface area contributed by atoms with Crippen LogP contribution in [0.1, 0.15) is 49.4 Å². The standard InChI is InChI=1S/C27H38N4O5/c1-2-11-29-12-14-30(15-13-29)20-9-7-19(8-10-20)26(34)28-23(18-5-3-4-6-18)27(35)31-16-21(32)25-24(31)22(33)17-36-25/h7-10,18,21,23-25,32H,2-6,11-17H2,1H3,(H,28,34)/t21-,23-,24+,25+/m0/s1. The third kappa shape index (κ3) is 5.01. The quantitative estimate of drug-likeness (QED) is 0.579. The number of anilines is 1. The Labute approximate surface area is 212 Å². The first-order valence-electron chi connectivity index (χ1n) is 13.5. The van der Waals surface area contributed by atoms with Crippen LogP contribution in [0.4, 0.5) is 5.69 Å². The molecule has 3 aliphatic heterocycles. The van der Waals surface area contributed by atoms with Crippen molar-refractivity contribution < 1.29 is 24.2 Å². The molecule has 0 radical (unpaired) electrons. The molecule has 2 amide bonds. The lowest BCUT2D eigenvalue weighted by Crippen LogP contribution is -2.54. The van der Waals surface area contributed by atoms with E-state index in [-0.39, 0.29) is 36.7 Å². The molecule has 1 aromatic rings. The van der Waals surface area contributed by atoms with E-state index in [0.29, 0.717) is 5.56 Å². The minimum Gasteiger partial charge on any atom is -0.388 e. The largest absolute Gasteiger partial charge is 0.388 e. The van der Waals surface area contributed by atoms with Crippen molar-refractivity contribution in [1.29, 1.82) is 0 Å². The summed E-state index contributed by atoms with van der Waals surface area (Å²) in [6, 6.07) is 6.13. The summed E-state index contributed by atoms with van der Waals surface area (Å²) >= 11 is 0. The molecule has 0 bridgehead atoms. The van der Waals surface area contributed by atoms with Crippen LogP contribution >= 0.6 is 0 Å².